The maximum atomic E-state index is 14.2. The number of benzene rings is 1. The molecule has 3 rings (SSSR count). The van der Waals surface area contributed by atoms with Gasteiger partial charge >= 0.3 is 0 Å². The fraction of sp³-hybridized carbons (Fsp3) is 0.625. The van der Waals surface area contributed by atoms with Crippen LogP contribution in [0.5, 0.6) is 0 Å². The van der Waals surface area contributed by atoms with Crippen LogP contribution in [-0.2, 0) is 0 Å². The van der Waals surface area contributed by atoms with Crippen molar-refractivity contribution < 1.29 is 4.39 Å². The Morgan fingerprint density at radius 1 is 1.10 bits per heavy atom. The van der Waals surface area contributed by atoms with E-state index in [9.17, 15) is 4.39 Å². The van der Waals surface area contributed by atoms with Crippen LogP contribution in [0, 0.1) is 11.7 Å². The molecule has 1 atom stereocenters. The Kier molecular flexibility index (Phi) is 5.82. The van der Waals surface area contributed by atoms with E-state index in [1.54, 1.807) is 12.1 Å². The minimum atomic E-state index is -0.0297. The molecule has 1 aromatic carbocycles. The summed E-state index contributed by atoms with van der Waals surface area (Å²) in [6.45, 7) is 4.13. The van der Waals surface area contributed by atoms with Crippen LogP contribution in [0.4, 0.5) is 4.39 Å². The van der Waals surface area contributed by atoms with Crippen LogP contribution < -0.4 is 5.32 Å². The van der Waals surface area contributed by atoms with Crippen LogP contribution >= 0.6 is 12.4 Å². The highest BCUT2D eigenvalue weighted by molar-refractivity contribution is 5.85. The molecule has 1 aliphatic heterocycles. The van der Waals surface area contributed by atoms with E-state index in [4.69, 9.17) is 0 Å². The topological polar surface area (TPSA) is 15.3 Å². The van der Waals surface area contributed by atoms with Gasteiger partial charge in [0.15, 0.2) is 0 Å². The van der Waals surface area contributed by atoms with E-state index in [-0.39, 0.29) is 24.3 Å². The van der Waals surface area contributed by atoms with Crippen molar-refractivity contribution in [3.63, 3.8) is 0 Å². The van der Waals surface area contributed by atoms with Crippen LogP contribution in [0.25, 0.3) is 0 Å². The van der Waals surface area contributed by atoms with E-state index in [0.29, 0.717) is 5.92 Å². The number of nitrogens with zero attached hydrogens (tertiary/aromatic N) is 1. The minimum Gasteiger partial charge on any atom is -0.314 e. The SMILES string of the molecule is Cl.Fc1ccccc1[C@H](C1CCCC1)N1CCNCC1. The molecule has 0 amide bonds. The first-order valence-corrected chi connectivity index (χ1v) is 7.55. The molecule has 20 heavy (non-hydrogen) atoms. The molecule has 2 fully saturated rings. The molecule has 0 bridgehead atoms. The van der Waals surface area contributed by atoms with Crippen LogP contribution in [0.3, 0.4) is 0 Å². The first-order chi connectivity index (χ1) is 9.36. The highest BCUT2D eigenvalue weighted by Gasteiger charge is 2.33. The van der Waals surface area contributed by atoms with Crippen molar-refractivity contribution in [1.82, 2.24) is 10.2 Å². The molecule has 1 saturated carbocycles. The molecule has 2 nitrogen and oxygen atoms in total. The number of piperazine rings is 1. The van der Waals surface area contributed by atoms with E-state index in [2.05, 4.69) is 10.2 Å². The molecular weight excluding hydrogens is 275 g/mol. The summed E-state index contributed by atoms with van der Waals surface area (Å²) in [6.07, 6.45) is 5.12. The predicted octanol–water partition coefficient (Wildman–Crippen LogP) is 3.38. The lowest BCUT2D eigenvalue weighted by atomic mass is 9.89. The van der Waals surface area contributed by atoms with Gasteiger partial charge in [0.1, 0.15) is 5.82 Å². The van der Waals surface area contributed by atoms with Crippen molar-refractivity contribution >= 4 is 12.4 Å². The van der Waals surface area contributed by atoms with Crippen LogP contribution in [-0.4, -0.2) is 31.1 Å². The van der Waals surface area contributed by atoms with Crippen molar-refractivity contribution in [3.05, 3.63) is 35.6 Å². The molecule has 1 saturated heterocycles. The molecule has 0 radical (unpaired) electrons. The zero-order valence-electron chi connectivity index (χ0n) is 11.9. The van der Waals surface area contributed by atoms with Gasteiger partial charge in [-0.05, 0) is 24.8 Å². The summed E-state index contributed by atoms with van der Waals surface area (Å²) < 4.78 is 14.2. The van der Waals surface area contributed by atoms with Gasteiger partial charge < -0.3 is 5.32 Å². The second-order valence-corrected chi connectivity index (χ2v) is 5.80. The molecule has 0 aromatic heterocycles. The van der Waals surface area contributed by atoms with Gasteiger partial charge in [-0.1, -0.05) is 31.0 Å². The van der Waals surface area contributed by atoms with Crippen molar-refractivity contribution in [2.24, 2.45) is 5.92 Å². The van der Waals surface area contributed by atoms with Gasteiger partial charge in [-0.25, -0.2) is 4.39 Å². The lowest BCUT2D eigenvalue weighted by Gasteiger charge is -2.38. The smallest absolute Gasteiger partial charge is 0.127 e. The van der Waals surface area contributed by atoms with Gasteiger partial charge in [-0.3, -0.25) is 4.90 Å². The molecule has 2 aliphatic rings. The number of hydrogen-bond donors (Lipinski definition) is 1. The van der Waals surface area contributed by atoms with Gasteiger partial charge in [0, 0.05) is 37.8 Å². The van der Waals surface area contributed by atoms with Crippen molar-refractivity contribution in [2.75, 3.05) is 26.2 Å². The summed E-state index contributed by atoms with van der Waals surface area (Å²) >= 11 is 0. The monoisotopic (exact) mass is 298 g/mol. The van der Waals surface area contributed by atoms with E-state index in [1.165, 1.54) is 25.7 Å². The fourth-order valence-electron chi connectivity index (χ4n) is 3.70. The van der Waals surface area contributed by atoms with E-state index in [0.717, 1.165) is 31.7 Å². The number of nitrogens with one attached hydrogen (secondary N) is 1. The van der Waals surface area contributed by atoms with Crippen LogP contribution in [0.2, 0.25) is 0 Å². The third kappa shape index (κ3) is 3.33. The molecule has 1 heterocycles. The van der Waals surface area contributed by atoms with Crippen molar-refractivity contribution in [3.8, 4) is 0 Å². The second-order valence-electron chi connectivity index (χ2n) is 5.80. The lowest BCUT2D eigenvalue weighted by Crippen LogP contribution is -2.46. The Labute approximate surface area is 127 Å². The first-order valence-electron chi connectivity index (χ1n) is 7.55. The maximum absolute atomic E-state index is 14.2. The summed E-state index contributed by atoms with van der Waals surface area (Å²) in [5.74, 6) is 0.605. The fourth-order valence-corrected chi connectivity index (χ4v) is 3.70. The average molecular weight is 299 g/mol. The second kappa shape index (κ2) is 7.39. The number of rotatable bonds is 3. The summed E-state index contributed by atoms with van der Waals surface area (Å²) in [6, 6.07) is 7.65. The molecule has 1 aliphatic carbocycles. The summed E-state index contributed by atoms with van der Waals surface area (Å²) in [4.78, 5) is 2.49. The Hall–Kier alpha value is -0.640. The van der Waals surface area contributed by atoms with Gasteiger partial charge in [0.2, 0.25) is 0 Å². The Balaban J connectivity index is 0.00000147. The Morgan fingerprint density at radius 3 is 2.40 bits per heavy atom. The van der Waals surface area contributed by atoms with Gasteiger partial charge in [0.25, 0.3) is 0 Å². The van der Waals surface area contributed by atoms with Crippen LogP contribution in [0.15, 0.2) is 24.3 Å². The highest BCUT2D eigenvalue weighted by Crippen LogP contribution is 2.40. The highest BCUT2D eigenvalue weighted by atomic mass is 35.5. The molecule has 1 N–H and O–H groups in total. The third-order valence-corrected chi connectivity index (χ3v) is 4.62. The van der Waals surface area contributed by atoms with Crippen molar-refractivity contribution in [1.29, 1.82) is 0 Å². The largest absolute Gasteiger partial charge is 0.314 e. The van der Waals surface area contributed by atoms with Gasteiger partial charge in [-0.2, -0.15) is 0 Å². The van der Waals surface area contributed by atoms with Crippen LogP contribution in [0.1, 0.15) is 37.3 Å². The molecule has 1 aromatic rings. The quantitative estimate of drug-likeness (QED) is 0.920. The Bertz CT molecular complexity index is 415. The molecule has 4 heteroatoms. The zero-order valence-corrected chi connectivity index (χ0v) is 12.7. The minimum absolute atomic E-state index is 0. The predicted molar refractivity (Wildman–Crippen MR) is 82.8 cm³/mol. The number of halogens is 2. The lowest BCUT2D eigenvalue weighted by molar-refractivity contribution is 0.122. The molecular formula is C16H24ClFN2. The maximum Gasteiger partial charge on any atom is 0.127 e. The van der Waals surface area contributed by atoms with E-state index >= 15 is 0 Å². The van der Waals surface area contributed by atoms with Gasteiger partial charge in [0.05, 0.1) is 0 Å². The normalized spacial score (nSPS) is 22.4. The zero-order chi connectivity index (χ0) is 13.1. The van der Waals surface area contributed by atoms with Gasteiger partial charge in [-0.15, -0.1) is 12.4 Å². The summed E-state index contributed by atoms with van der Waals surface area (Å²) in [7, 11) is 0. The summed E-state index contributed by atoms with van der Waals surface area (Å²) in [5.41, 5.74) is 0.913. The molecule has 0 unspecified atom stereocenters. The molecule has 112 valence electrons. The average Bonchev–Trinajstić information content (AvgIpc) is 2.96. The molecule has 0 spiro atoms. The van der Waals surface area contributed by atoms with E-state index < -0.39 is 0 Å². The first kappa shape index (κ1) is 15.7. The third-order valence-electron chi connectivity index (χ3n) is 4.62. The van der Waals surface area contributed by atoms with E-state index in [1.807, 2.05) is 12.1 Å². The Morgan fingerprint density at radius 2 is 1.75 bits per heavy atom. The number of hydrogen-bond acceptors (Lipinski definition) is 2. The van der Waals surface area contributed by atoms with Crippen molar-refractivity contribution in [2.45, 2.75) is 31.7 Å². The summed E-state index contributed by atoms with van der Waals surface area (Å²) in [5, 5.41) is 3.39. The standard InChI is InChI=1S/C16H23FN2.ClH/c17-15-8-4-3-7-14(15)16(13-5-1-2-6-13)19-11-9-18-10-12-19;/h3-4,7-8,13,16,18H,1-2,5-6,9-12H2;1H/t16-;/m0./s1.